The predicted octanol–water partition coefficient (Wildman–Crippen LogP) is 8.19. The molecule has 0 amide bonds. The molecule has 2 aromatic carbocycles. The number of pyridine rings is 1. The number of hydrogen-bond acceptors (Lipinski definition) is 4. The van der Waals surface area contributed by atoms with Crippen LogP contribution >= 0.6 is 23.4 Å². The van der Waals surface area contributed by atoms with Crippen molar-refractivity contribution in [1.29, 1.82) is 0 Å². The fraction of sp³-hybridized carbons (Fsp3) is 0.231. The Morgan fingerprint density at radius 1 is 1.12 bits per heavy atom. The minimum atomic E-state index is -4.33. The fourth-order valence-corrected chi connectivity index (χ4v) is 4.03. The van der Waals surface area contributed by atoms with Gasteiger partial charge in [0.05, 0.1) is 11.7 Å². The molecule has 0 fully saturated rings. The molecule has 0 radical (unpaired) electrons. The Kier molecular flexibility index (Phi) is 9.91. The van der Waals surface area contributed by atoms with E-state index in [0.717, 1.165) is 44.5 Å². The number of aromatic nitrogens is 1. The van der Waals surface area contributed by atoms with Crippen LogP contribution in [0.2, 0.25) is 5.02 Å². The summed E-state index contributed by atoms with van der Waals surface area (Å²) in [6, 6.07) is 12.1. The molecule has 1 atom stereocenters. The first-order valence-corrected chi connectivity index (χ1v) is 12.0. The van der Waals surface area contributed by atoms with Crippen LogP contribution in [0.25, 0.3) is 6.08 Å². The quantitative estimate of drug-likeness (QED) is 0.281. The van der Waals surface area contributed by atoms with Gasteiger partial charge in [-0.2, -0.15) is 13.2 Å². The van der Waals surface area contributed by atoms with E-state index in [2.05, 4.69) is 16.6 Å². The first-order chi connectivity index (χ1) is 16.0. The molecule has 0 aliphatic carbocycles. The number of aliphatic imine (C=N–C) groups is 1. The second kappa shape index (κ2) is 12.2. The van der Waals surface area contributed by atoms with Crippen molar-refractivity contribution in [2.45, 2.75) is 37.9 Å². The van der Waals surface area contributed by atoms with E-state index in [0.29, 0.717) is 5.02 Å². The van der Waals surface area contributed by atoms with Crippen LogP contribution in [0.4, 0.5) is 18.9 Å². The second-order valence-electron chi connectivity index (χ2n) is 7.39. The van der Waals surface area contributed by atoms with Crippen LogP contribution in [-0.2, 0) is 6.18 Å². The van der Waals surface area contributed by atoms with Gasteiger partial charge in [0.2, 0.25) is 0 Å². The average Bonchev–Trinajstić information content (AvgIpc) is 2.80. The van der Waals surface area contributed by atoms with Gasteiger partial charge in [0.15, 0.2) is 0 Å². The van der Waals surface area contributed by atoms with Crippen LogP contribution in [0.1, 0.15) is 46.5 Å². The maximum absolute atomic E-state index is 11.9. The number of aryl methyl sites for hydroxylation is 1. The number of thioether (sulfide) groups is 1. The lowest BCUT2D eigenvalue weighted by molar-refractivity contribution is -0.141. The zero-order valence-electron chi connectivity index (χ0n) is 19.4. The molecule has 0 saturated carbocycles. The van der Waals surface area contributed by atoms with Gasteiger partial charge in [-0.1, -0.05) is 48.5 Å². The lowest BCUT2D eigenvalue weighted by Gasteiger charge is -2.19. The van der Waals surface area contributed by atoms with Gasteiger partial charge in [-0.05, 0) is 73.0 Å². The zero-order chi connectivity index (χ0) is 25.5. The van der Waals surface area contributed by atoms with E-state index >= 15 is 0 Å². The van der Waals surface area contributed by atoms with Crippen molar-refractivity contribution in [2.75, 3.05) is 6.26 Å². The van der Waals surface area contributed by atoms with Crippen molar-refractivity contribution in [1.82, 2.24) is 4.98 Å². The minimum Gasteiger partial charge on any atom is -0.320 e. The largest absolute Gasteiger partial charge is 0.433 e. The van der Waals surface area contributed by atoms with E-state index in [4.69, 9.17) is 17.3 Å². The summed E-state index contributed by atoms with van der Waals surface area (Å²) in [5, 5.41) is 0.692. The Morgan fingerprint density at radius 3 is 2.29 bits per heavy atom. The third-order valence-electron chi connectivity index (χ3n) is 5.06. The summed E-state index contributed by atoms with van der Waals surface area (Å²) in [6.45, 7) is 9.48. The van der Waals surface area contributed by atoms with Gasteiger partial charge >= 0.3 is 6.18 Å². The maximum atomic E-state index is 11.9. The van der Waals surface area contributed by atoms with Crippen molar-refractivity contribution in [3.63, 3.8) is 0 Å². The summed E-state index contributed by atoms with van der Waals surface area (Å²) >= 11 is 8.09. The third kappa shape index (κ3) is 6.95. The molecule has 3 rings (SSSR count). The highest BCUT2D eigenvalue weighted by atomic mass is 35.5. The van der Waals surface area contributed by atoms with Gasteiger partial charge in [0.1, 0.15) is 5.69 Å². The Bertz CT molecular complexity index is 1160. The number of halogens is 4. The number of alkyl halides is 3. The maximum Gasteiger partial charge on any atom is 0.433 e. The van der Waals surface area contributed by atoms with Gasteiger partial charge in [-0.3, -0.25) is 9.98 Å². The second-order valence-corrected chi connectivity index (χ2v) is 8.68. The molecule has 34 heavy (non-hydrogen) atoms. The SMILES string of the molecule is C=Cc1ccc(C(N)c2ccc(SC)cc2Cl)c(C)c1N=CC.Cc1ccc(C(F)(F)F)nc1. The molecule has 0 spiro atoms. The minimum absolute atomic E-state index is 0.289. The molecule has 1 heterocycles. The molecular formula is C26H27ClF3N3S. The topological polar surface area (TPSA) is 51.3 Å². The Morgan fingerprint density at radius 2 is 1.79 bits per heavy atom. The van der Waals surface area contributed by atoms with Crippen LogP contribution in [0.15, 0.2) is 65.1 Å². The van der Waals surface area contributed by atoms with Crippen LogP contribution in [0.5, 0.6) is 0 Å². The zero-order valence-corrected chi connectivity index (χ0v) is 21.0. The predicted molar refractivity (Wildman–Crippen MR) is 138 cm³/mol. The van der Waals surface area contributed by atoms with Crippen molar-refractivity contribution in [3.8, 4) is 0 Å². The van der Waals surface area contributed by atoms with Gasteiger partial charge < -0.3 is 5.73 Å². The third-order valence-corrected chi connectivity index (χ3v) is 6.11. The Labute approximate surface area is 208 Å². The first kappa shape index (κ1) is 27.6. The van der Waals surface area contributed by atoms with E-state index in [1.165, 1.54) is 12.3 Å². The molecule has 3 aromatic rings. The number of benzene rings is 2. The summed E-state index contributed by atoms with van der Waals surface area (Å²) in [7, 11) is 0. The Balaban J connectivity index is 0.000000310. The van der Waals surface area contributed by atoms with Crippen molar-refractivity contribution in [2.24, 2.45) is 10.7 Å². The van der Waals surface area contributed by atoms with E-state index in [9.17, 15) is 13.2 Å². The highest BCUT2D eigenvalue weighted by Crippen LogP contribution is 2.35. The molecule has 1 unspecified atom stereocenters. The van der Waals surface area contributed by atoms with Crippen LogP contribution < -0.4 is 5.73 Å². The lowest BCUT2D eigenvalue weighted by atomic mass is 9.93. The average molecular weight is 506 g/mol. The van der Waals surface area contributed by atoms with Gasteiger partial charge in [-0.25, -0.2) is 0 Å². The smallest absolute Gasteiger partial charge is 0.320 e. The molecule has 1 aromatic heterocycles. The molecule has 8 heteroatoms. The van der Waals surface area contributed by atoms with Crippen molar-refractivity contribution in [3.05, 3.63) is 93.8 Å². The molecule has 180 valence electrons. The lowest BCUT2D eigenvalue weighted by Crippen LogP contribution is -2.14. The number of nitrogens with two attached hydrogens (primary N) is 1. The normalized spacial score (nSPS) is 12.3. The van der Waals surface area contributed by atoms with Crippen molar-refractivity contribution >= 4 is 41.3 Å². The molecule has 0 saturated heterocycles. The molecule has 0 bridgehead atoms. The summed E-state index contributed by atoms with van der Waals surface area (Å²) in [5.74, 6) is 0. The van der Waals surface area contributed by atoms with E-state index in [-0.39, 0.29) is 6.04 Å². The van der Waals surface area contributed by atoms with Gasteiger partial charge in [-0.15, -0.1) is 11.8 Å². The number of rotatable bonds is 5. The van der Waals surface area contributed by atoms with E-state index < -0.39 is 11.9 Å². The van der Waals surface area contributed by atoms with E-state index in [1.807, 2.05) is 56.5 Å². The van der Waals surface area contributed by atoms with Crippen LogP contribution in [0.3, 0.4) is 0 Å². The molecule has 2 N–H and O–H groups in total. The van der Waals surface area contributed by atoms with Crippen molar-refractivity contribution < 1.29 is 13.2 Å². The first-order valence-electron chi connectivity index (χ1n) is 10.4. The van der Waals surface area contributed by atoms with Gasteiger partial charge in [0, 0.05) is 22.3 Å². The number of hydrogen-bond donors (Lipinski definition) is 1. The summed E-state index contributed by atoms with van der Waals surface area (Å²) in [5.41, 5.74) is 11.3. The molecule has 0 aliphatic heterocycles. The molecule has 3 nitrogen and oxygen atoms in total. The summed E-state index contributed by atoms with van der Waals surface area (Å²) in [6.07, 6.45) is 2.49. The number of nitrogens with zero attached hydrogens (tertiary/aromatic N) is 2. The van der Waals surface area contributed by atoms with Crippen LogP contribution in [-0.4, -0.2) is 17.5 Å². The Hall–Kier alpha value is -2.61. The van der Waals surface area contributed by atoms with Gasteiger partial charge in [0.25, 0.3) is 0 Å². The molecule has 0 aliphatic rings. The monoisotopic (exact) mass is 505 g/mol. The summed E-state index contributed by atoms with van der Waals surface area (Å²) < 4.78 is 35.6. The fourth-order valence-electron chi connectivity index (χ4n) is 3.23. The van der Waals surface area contributed by atoms with Crippen LogP contribution in [0, 0.1) is 13.8 Å². The molecular weight excluding hydrogens is 479 g/mol. The highest BCUT2D eigenvalue weighted by Gasteiger charge is 2.31. The standard InChI is InChI=1S/C19H21ClN2S.C7H6F3N/c1-5-13-7-9-15(12(3)19(13)22-6-2)18(21)16-10-8-14(23-4)11-17(16)20;1-5-2-3-6(11-4-5)7(8,9)10/h5-11,18H,1,21H2,2-4H3;2-4H,1H3. The highest BCUT2D eigenvalue weighted by molar-refractivity contribution is 7.98. The summed E-state index contributed by atoms with van der Waals surface area (Å²) in [4.78, 5) is 8.83. The van der Waals surface area contributed by atoms with E-state index in [1.54, 1.807) is 24.9 Å².